The largest absolute Gasteiger partial charge is 0.493 e. The number of ether oxygens (including phenoxy) is 3. The maximum absolute atomic E-state index is 13.7. The number of aryl methyl sites for hydroxylation is 1. The van der Waals surface area contributed by atoms with Crippen LogP contribution in [0.5, 0.6) is 11.5 Å². The summed E-state index contributed by atoms with van der Waals surface area (Å²) in [5.74, 6) is 0.114. The first kappa shape index (κ1) is 56.4. The lowest BCUT2D eigenvalue weighted by molar-refractivity contribution is -0.138. The third-order valence-corrected chi connectivity index (χ3v) is 13.0. The molecule has 20 heteroatoms. The number of anilines is 2. The average Bonchev–Trinajstić information content (AvgIpc) is 4.02. The average molecular weight is 1060 g/mol. The SMILES string of the molecule is CC(C)C.Cc1ncsc1-c1ccc(CNC(=O)C2C[C@H](O)CN2C(=O)CNC(=O)Cc2cccc(OCCCOCCOc3ccc(N4C(=S)N(c5ccc(C#N)c(C(F)(F)F)c5)C(=O)C4(C)C)cc3)c2)cc1. The molecule has 3 N–H and O–H groups in total. The lowest BCUT2D eigenvalue weighted by atomic mass is 10.0. The Bertz CT molecular complexity index is 2810. The van der Waals surface area contributed by atoms with Gasteiger partial charge < -0.3 is 39.8 Å². The number of hydrogen-bond donors (Lipinski definition) is 3. The van der Waals surface area contributed by atoms with Gasteiger partial charge in [-0.1, -0.05) is 57.2 Å². The van der Waals surface area contributed by atoms with Crippen LogP contribution in [0, 0.1) is 24.2 Å². The van der Waals surface area contributed by atoms with Gasteiger partial charge in [-0.3, -0.25) is 24.1 Å². The highest BCUT2D eigenvalue weighted by Gasteiger charge is 2.51. The molecule has 74 heavy (non-hydrogen) atoms. The van der Waals surface area contributed by atoms with Crippen LogP contribution in [0.1, 0.15) is 75.4 Å². The number of thiocarbonyl (C=S) groups is 1. The van der Waals surface area contributed by atoms with Crippen LogP contribution < -0.4 is 29.9 Å². The van der Waals surface area contributed by atoms with Crippen LogP contribution in [0.3, 0.4) is 0 Å². The molecule has 392 valence electrons. The highest BCUT2D eigenvalue weighted by Crippen LogP contribution is 2.40. The first-order chi connectivity index (χ1) is 35.2. The number of halogens is 3. The molecule has 0 bridgehead atoms. The van der Waals surface area contributed by atoms with Crippen molar-refractivity contribution < 1.29 is 51.7 Å². The predicted octanol–water partition coefficient (Wildman–Crippen LogP) is 8.39. The zero-order chi connectivity index (χ0) is 53.7. The van der Waals surface area contributed by atoms with Gasteiger partial charge in [-0.25, -0.2) is 4.98 Å². The van der Waals surface area contributed by atoms with Crippen LogP contribution in [0.15, 0.2) is 96.5 Å². The maximum Gasteiger partial charge on any atom is 0.417 e. The Balaban J connectivity index is 0.00000215. The lowest BCUT2D eigenvalue weighted by Crippen LogP contribution is -2.49. The fourth-order valence-electron chi connectivity index (χ4n) is 8.09. The first-order valence-electron chi connectivity index (χ1n) is 24.0. The lowest BCUT2D eigenvalue weighted by Gasteiger charge is -2.29. The minimum atomic E-state index is -4.81. The summed E-state index contributed by atoms with van der Waals surface area (Å²) in [4.78, 5) is 62.0. The van der Waals surface area contributed by atoms with Crippen molar-refractivity contribution in [1.82, 2.24) is 20.5 Å². The van der Waals surface area contributed by atoms with Gasteiger partial charge in [0.25, 0.3) is 5.91 Å². The summed E-state index contributed by atoms with van der Waals surface area (Å²) < 4.78 is 58.5. The molecule has 4 amide bonds. The van der Waals surface area contributed by atoms with Crippen LogP contribution in [-0.4, -0.2) is 101 Å². The number of nitrogens with one attached hydrogen (secondary N) is 2. The molecular weight excluding hydrogens is 996 g/mol. The monoisotopic (exact) mass is 1060 g/mol. The smallest absolute Gasteiger partial charge is 0.417 e. The standard InChI is InChI=1S/C50H50F3N7O8S2.C4H10/c1-31-45(70-30-57-31)34-10-8-32(9-11-34)27-56-46(64)42-25-38(61)29-58(42)44(63)28-55-43(62)23-33-6-4-7-40(22-33)67-19-5-18-66-20-21-68-39-16-14-36(15-17-39)60-48(69)59(47(65)49(60,2)3)37-13-12-35(26-54)41(24-37)50(51,52)53;1-4(2)3/h4,6-17,22,24,30,38,42,61H,5,18-21,23,25,27-29H2,1-3H3,(H,55,62)(H,56,64);4H,1-3H3/t38-,42?;/m0./s1. The molecule has 2 aliphatic rings. The summed E-state index contributed by atoms with van der Waals surface area (Å²) in [6, 6.07) is 25.3. The normalized spacial score (nSPS) is 16.2. The molecule has 3 heterocycles. The van der Waals surface area contributed by atoms with Crippen LogP contribution in [0.2, 0.25) is 0 Å². The number of nitrogens with zero attached hydrogens (tertiary/aromatic N) is 5. The topological polar surface area (TPSA) is 187 Å². The van der Waals surface area contributed by atoms with Crippen molar-refractivity contribution in [3.8, 4) is 28.0 Å². The van der Waals surface area contributed by atoms with Crippen LogP contribution >= 0.6 is 23.6 Å². The molecule has 0 saturated carbocycles. The van der Waals surface area contributed by atoms with Crippen LogP contribution in [-0.2, 0) is 43.1 Å². The third kappa shape index (κ3) is 14.6. The summed E-state index contributed by atoms with van der Waals surface area (Å²) in [5.41, 5.74) is 2.80. The van der Waals surface area contributed by atoms with Crippen molar-refractivity contribution >= 4 is 63.7 Å². The Morgan fingerprint density at radius 1 is 0.919 bits per heavy atom. The van der Waals surface area contributed by atoms with Crippen molar-refractivity contribution in [2.24, 2.45) is 5.92 Å². The van der Waals surface area contributed by atoms with Gasteiger partial charge in [0.1, 0.15) is 29.7 Å². The molecule has 1 aromatic heterocycles. The van der Waals surface area contributed by atoms with Gasteiger partial charge in [0.05, 0.1) is 71.2 Å². The van der Waals surface area contributed by atoms with E-state index >= 15 is 0 Å². The summed E-state index contributed by atoms with van der Waals surface area (Å²) in [5, 5.41) is 25.0. The number of carbonyl (C=O) groups excluding carboxylic acids is 4. The number of aliphatic hydroxyl groups is 1. The van der Waals surface area contributed by atoms with Gasteiger partial charge in [0, 0.05) is 38.2 Å². The van der Waals surface area contributed by atoms with Crippen molar-refractivity contribution in [2.45, 2.75) is 91.2 Å². The highest BCUT2D eigenvalue weighted by molar-refractivity contribution is 7.81. The van der Waals surface area contributed by atoms with Gasteiger partial charge in [-0.05, 0) is 110 Å². The molecular formula is C54H60F3N7O8S2. The number of nitriles is 1. The second kappa shape index (κ2) is 25.3. The number of aromatic nitrogens is 1. The molecule has 1 unspecified atom stereocenters. The number of β-amino-alcohol motifs (C(OH)–C–C–N with tert-alkyl or cyclic N) is 1. The second-order valence-electron chi connectivity index (χ2n) is 18.8. The minimum absolute atomic E-state index is 0.0128. The molecule has 2 fully saturated rings. The Morgan fingerprint density at radius 3 is 2.27 bits per heavy atom. The van der Waals surface area contributed by atoms with E-state index in [2.05, 4.69) is 36.4 Å². The number of amides is 4. The van der Waals surface area contributed by atoms with Crippen LogP contribution in [0.25, 0.3) is 10.4 Å². The molecule has 0 aliphatic carbocycles. The number of aliphatic hydroxyl groups excluding tert-OH is 1. The first-order valence-corrected chi connectivity index (χ1v) is 25.3. The highest BCUT2D eigenvalue weighted by atomic mass is 32.1. The summed E-state index contributed by atoms with van der Waals surface area (Å²) in [6.45, 7) is 12.8. The third-order valence-electron chi connectivity index (χ3n) is 11.7. The molecule has 2 saturated heterocycles. The zero-order valence-electron chi connectivity index (χ0n) is 42.0. The Hall–Kier alpha value is -6.92. The molecule has 15 nitrogen and oxygen atoms in total. The number of likely N-dealkylation sites (tertiary alicyclic amines) is 1. The predicted molar refractivity (Wildman–Crippen MR) is 280 cm³/mol. The number of hydrogen-bond acceptors (Lipinski definition) is 12. The summed E-state index contributed by atoms with van der Waals surface area (Å²) in [7, 11) is 0. The van der Waals surface area contributed by atoms with E-state index < -0.39 is 52.7 Å². The number of alkyl halides is 3. The molecule has 2 atom stereocenters. The van der Waals surface area contributed by atoms with E-state index in [-0.39, 0.29) is 62.4 Å². The molecule has 7 rings (SSSR count). The van der Waals surface area contributed by atoms with Gasteiger partial charge >= 0.3 is 6.18 Å². The van der Waals surface area contributed by atoms with E-state index in [4.69, 9.17) is 26.4 Å². The molecule has 2 aliphatic heterocycles. The fraction of sp³-hybridized carbons (Fsp3) is 0.389. The van der Waals surface area contributed by atoms with Crippen molar-refractivity contribution in [3.05, 3.63) is 124 Å². The second-order valence-corrected chi connectivity index (χ2v) is 20.0. The number of thiazole rings is 1. The van der Waals surface area contributed by atoms with Crippen molar-refractivity contribution in [2.75, 3.05) is 49.3 Å². The maximum atomic E-state index is 13.7. The molecule has 5 aromatic rings. The van der Waals surface area contributed by atoms with E-state index in [0.717, 1.165) is 44.6 Å². The van der Waals surface area contributed by atoms with Crippen molar-refractivity contribution in [1.29, 1.82) is 5.26 Å². The van der Waals surface area contributed by atoms with Gasteiger partial charge in [-0.2, -0.15) is 18.4 Å². The van der Waals surface area contributed by atoms with E-state index in [1.807, 2.05) is 31.2 Å². The van der Waals surface area contributed by atoms with E-state index in [1.165, 1.54) is 11.0 Å². The number of carbonyl (C=O) groups is 4. The van der Waals surface area contributed by atoms with Crippen molar-refractivity contribution in [3.63, 3.8) is 0 Å². The quantitative estimate of drug-likeness (QED) is 0.0531. The zero-order valence-corrected chi connectivity index (χ0v) is 43.7. The molecule has 0 spiro atoms. The Morgan fingerprint density at radius 2 is 1.61 bits per heavy atom. The van der Waals surface area contributed by atoms with Gasteiger partial charge in [0.15, 0.2) is 5.11 Å². The number of rotatable bonds is 19. The summed E-state index contributed by atoms with van der Waals surface area (Å²) >= 11 is 7.17. The Labute approximate surface area is 438 Å². The van der Waals surface area contributed by atoms with Gasteiger partial charge in [-0.15, -0.1) is 11.3 Å². The van der Waals surface area contributed by atoms with Crippen LogP contribution in [0.4, 0.5) is 24.5 Å². The van der Waals surface area contributed by atoms with E-state index in [1.54, 1.807) is 90.2 Å². The van der Waals surface area contributed by atoms with E-state index in [0.29, 0.717) is 42.4 Å². The minimum Gasteiger partial charge on any atom is -0.493 e. The van der Waals surface area contributed by atoms with Gasteiger partial charge in [0.2, 0.25) is 17.7 Å². The number of benzene rings is 4. The fourth-order valence-corrected chi connectivity index (χ4v) is 9.42. The molecule has 0 radical (unpaired) electrons. The summed E-state index contributed by atoms with van der Waals surface area (Å²) in [6.07, 6.45) is -5.03. The van der Waals surface area contributed by atoms with E-state index in [9.17, 15) is 42.7 Å². The Kier molecular flexibility index (Phi) is 19.3. The molecule has 4 aromatic carbocycles.